The topological polar surface area (TPSA) is 21.3 Å². The van der Waals surface area contributed by atoms with Crippen LogP contribution in [0.4, 0.5) is 0 Å². The molecule has 0 saturated heterocycles. The zero-order chi connectivity index (χ0) is 4.99. The Balaban J connectivity index is 2.63. The van der Waals surface area contributed by atoms with E-state index in [1.54, 1.807) is 6.92 Å². The summed E-state index contributed by atoms with van der Waals surface area (Å²) < 4.78 is 0. The summed E-state index contributed by atoms with van der Waals surface area (Å²) in [5.74, 6) is -0.0741. The summed E-state index contributed by atoms with van der Waals surface area (Å²) >= 11 is 0. The van der Waals surface area contributed by atoms with E-state index in [0.29, 0.717) is 0 Å². The Hall–Kier alpha value is -0.0151. The molecule has 1 N–H and O–H groups in total. The smallest absolute Gasteiger partial charge is 0.0935 e. The Morgan fingerprint density at radius 1 is 1.83 bits per heavy atom. The molecule has 2 nitrogen and oxygen atoms in total. The third-order valence-corrected chi connectivity index (χ3v) is 0.304. The van der Waals surface area contributed by atoms with E-state index >= 15 is 0 Å². The van der Waals surface area contributed by atoms with Gasteiger partial charge in [-0.05, 0) is 5.94 Å². The summed E-state index contributed by atoms with van der Waals surface area (Å²) in [4.78, 5) is 4.43. The number of rotatable bonds is 2. The van der Waals surface area contributed by atoms with E-state index in [9.17, 15) is 0 Å². The van der Waals surface area contributed by atoms with Crippen LogP contribution in [0.25, 0.3) is 0 Å². The molecule has 1 atom stereocenters. The van der Waals surface area contributed by atoms with Gasteiger partial charge in [-0.1, -0.05) is 6.92 Å². The molecule has 0 rings (SSSR count). The first-order chi connectivity index (χ1) is 2.77. The molecule has 0 saturated carbocycles. The lowest BCUT2D eigenvalue weighted by atomic mass is 10.0. The van der Waals surface area contributed by atoms with Crippen molar-refractivity contribution in [1.82, 2.24) is 5.48 Å². The summed E-state index contributed by atoms with van der Waals surface area (Å²) in [7, 11) is 6.70. The van der Waals surface area contributed by atoms with Crippen LogP contribution in [0.15, 0.2) is 0 Å². The number of hydrogen-bond acceptors (Lipinski definition) is 2. The highest BCUT2D eigenvalue weighted by molar-refractivity contribution is 6.11. The van der Waals surface area contributed by atoms with Gasteiger partial charge >= 0.3 is 0 Å². The van der Waals surface area contributed by atoms with Gasteiger partial charge in [0.1, 0.15) is 0 Å². The molecule has 0 aliphatic rings. The van der Waals surface area contributed by atoms with E-state index in [1.165, 1.54) is 7.11 Å². The standard InChI is InChI=1S/C3H8BNO/c1-3(4)5-6-2/h3,5H,1-2H3. The van der Waals surface area contributed by atoms with E-state index in [0.717, 1.165) is 0 Å². The van der Waals surface area contributed by atoms with Crippen molar-refractivity contribution in [2.45, 2.75) is 12.9 Å². The summed E-state index contributed by atoms with van der Waals surface area (Å²) in [6.45, 7) is 1.80. The van der Waals surface area contributed by atoms with Crippen LogP contribution in [-0.4, -0.2) is 20.9 Å². The fourth-order valence-corrected chi connectivity index (χ4v) is 0.186. The molecule has 0 aromatic heterocycles. The lowest BCUT2D eigenvalue weighted by Gasteiger charge is -2.01. The number of hydrogen-bond donors (Lipinski definition) is 1. The van der Waals surface area contributed by atoms with Crippen LogP contribution >= 0.6 is 0 Å². The predicted octanol–water partition coefficient (Wildman–Crippen LogP) is -0.348. The molecule has 0 aliphatic carbocycles. The third kappa shape index (κ3) is 3.98. The van der Waals surface area contributed by atoms with Gasteiger partial charge in [-0.15, -0.1) is 0 Å². The van der Waals surface area contributed by atoms with Crippen molar-refractivity contribution >= 4 is 7.85 Å². The highest BCUT2D eigenvalue weighted by Crippen LogP contribution is 1.64. The van der Waals surface area contributed by atoms with Crippen molar-refractivity contribution in [3.05, 3.63) is 0 Å². The summed E-state index contributed by atoms with van der Waals surface area (Å²) in [5, 5.41) is 0. The average molecular weight is 84.9 g/mol. The second-order valence-electron chi connectivity index (χ2n) is 1.11. The third-order valence-electron chi connectivity index (χ3n) is 0.304. The van der Waals surface area contributed by atoms with Crippen LogP contribution < -0.4 is 5.48 Å². The van der Waals surface area contributed by atoms with Crippen LogP contribution in [0.5, 0.6) is 0 Å². The normalized spacial score (nSPS) is 14.3. The fraction of sp³-hybridized carbons (Fsp3) is 1.00. The molecular formula is C3H8BNO. The van der Waals surface area contributed by atoms with Crippen LogP contribution in [-0.2, 0) is 4.84 Å². The first-order valence-corrected chi connectivity index (χ1v) is 1.81. The van der Waals surface area contributed by atoms with Crippen molar-refractivity contribution in [2.75, 3.05) is 7.11 Å². The molecule has 1 unspecified atom stereocenters. The number of hydroxylamine groups is 1. The lowest BCUT2D eigenvalue weighted by molar-refractivity contribution is 0.0860. The van der Waals surface area contributed by atoms with Gasteiger partial charge in [-0.3, -0.25) is 0 Å². The zero-order valence-electron chi connectivity index (χ0n) is 4.06. The Morgan fingerprint density at radius 2 is 2.33 bits per heavy atom. The lowest BCUT2D eigenvalue weighted by Crippen LogP contribution is -2.24. The molecule has 0 aromatic rings. The van der Waals surface area contributed by atoms with Crippen molar-refractivity contribution in [2.24, 2.45) is 0 Å². The van der Waals surface area contributed by atoms with Crippen molar-refractivity contribution in [3.63, 3.8) is 0 Å². The highest BCUT2D eigenvalue weighted by atomic mass is 16.6. The molecule has 6 heavy (non-hydrogen) atoms. The minimum absolute atomic E-state index is 0.0741. The van der Waals surface area contributed by atoms with Crippen LogP contribution in [0.2, 0.25) is 0 Å². The summed E-state index contributed by atoms with van der Waals surface area (Å²) in [6.07, 6.45) is 0. The second-order valence-corrected chi connectivity index (χ2v) is 1.11. The average Bonchev–Trinajstić information content (AvgIpc) is 1.35. The monoisotopic (exact) mass is 85.1 g/mol. The van der Waals surface area contributed by atoms with Crippen LogP contribution in [0.3, 0.4) is 0 Å². The van der Waals surface area contributed by atoms with Gasteiger partial charge < -0.3 is 4.84 Å². The van der Waals surface area contributed by atoms with Crippen molar-refractivity contribution in [1.29, 1.82) is 0 Å². The van der Waals surface area contributed by atoms with E-state index in [4.69, 9.17) is 7.85 Å². The molecule has 0 bridgehead atoms. The SMILES string of the molecule is [B]C(C)NOC. The summed E-state index contributed by atoms with van der Waals surface area (Å²) in [5.41, 5.74) is 2.49. The maximum absolute atomic E-state index is 5.17. The largest absolute Gasteiger partial charge is 0.306 e. The fourth-order valence-electron chi connectivity index (χ4n) is 0.186. The zero-order valence-corrected chi connectivity index (χ0v) is 4.06. The van der Waals surface area contributed by atoms with Crippen LogP contribution in [0, 0.1) is 0 Å². The highest BCUT2D eigenvalue weighted by Gasteiger charge is 1.82. The molecule has 0 fully saturated rings. The van der Waals surface area contributed by atoms with E-state index in [2.05, 4.69) is 10.3 Å². The van der Waals surface area contributed by atoms with Crippen LogP contribution in [0.1, 0.15) is 6.92 Å². The van der Waals surface area contributed by atoms with Crippen molar-refractivity contribution in [3.8, 4) is 0 Å². The minimum Gasteiger partial charge on any atom is -0.306 e. The summed E-state index contributed by atoms with van der Waals surface area (Å²) in [6, 6.07) is 0. The van der Waals surface area contributed by atoms with Crippen molar-refractivity contribution < 1.29 is 4.84 Å². The minimum atomic E-state index is -0.0741. The molecule has 34 valence electrons. The first-order valence-electron chi connectivity index (χ1n) is 1.81. The molecule has 0 heterocycles. The van der Waals surface area contributed by atoms with E-state index in [1.807, 2.05) is 0 Å². The van der Waals surface area contributed by atoms with Gasteiger partial charge in [-0.25, -0.2) is 5.48 Å². The van der Waals surface area contributed by atoms with Gasteiger partial charge in [0.05, 0.1) is 15.0 Å². The first kappa shape index (κ1) is 5.98. The van der Waals surface area contributed by atoms with Gasteiger partial charge in [0.15, 0.2) is 0 Å². The van der Waals surface area contributed by atoms with Gasteiger partial charge in [-0.2, -0.15) is 0 Å². The molecule has 3 heteroatoms. The second kappa shape index (κ2) is 3.19. The van der Waals surface area contributed by atoms with Gasteiger partial charge in [0.2, 0.25) is 0 Å². The maximum Gasteiger partial charge on any atom is 0.0935 e. The number of nitrogens with one attached hydrogen (secondary N) is 1. The molecule has 0 aliphatic heterocycles. The Kier molecular flexibility index (Phi) is 3.18. The van der Waals surface area contributed by atoms with E-state index in [-0.39, 0.29) is 5.94 Å². The molecule has 2 radical (unpaired) electrons. The Morgan fingerprint density at radius 3 is 2.33 bits per heavy atom. The molecule has 0 aromatic carbocycles. The molecular weight excluding hydrogens is 76.9 g/mol. The predicted molar refractivity (Wildman–Crippen MR) is 25.4 cm³/mol. The Labute approximate surface area is 39.2 Å². The van der Waals surface area contributed by atoms with E-state index < -0.39 is 0 Å². The van der Waals surface area contributed by atoms with Gasteiger partial charge in [0, 0.05) is 0 Å². The Bertz CT molecular complexity index is 32.0. The molecule has 0 amide bonds. The van der Waals surface area contributed by atoms with Gasteiger partial charge in [0.25, 0.3) is 0 Å². The quantitative estimate of drug-likeness (QED) is 0.365. The maximum atomic E-state index is 5.17. The molecule has 0 spiro atoms.